The van der Waals surface area contributed by atoms with Gasteiger partial charge in [-0.15, -0.1) is 0 Å². The molecule has 2 aromatic carbocycles. The normalized spacial score (nSPS) is 10.7. The number of nitrogens with one attached hydrogen (secondary N) is 1. The van der Waals surface area contributed by atoms with Gasteiger partial charge >= 0.3 is 0 Å². The van der Waals surface area contributed by atoms with E-state index in [0.717, 1.165) is 23.4 Å². The van der Waals surface area contributed by atoms with Crippen LogP contribution in [0.25, 0.3) is 5.69 Å². The third-order valence-electron chi connectivity index (χ3n) is 3.66. The van der Waals surface area contributed by atoms with Gasteiger partial charge in [0.2, 0.25) is 0 Å². The van der Waals surface area contributed by atoms with Crippen molar-refractivity contribution >= 4 is 17.5 Å². The number of amides is 1. The molecule has 1 heterocycles. The van der Waals surface area contributed by atoms with Gasteiger partial charge in [0.25, 0.3) is 5.91 Å². The Labute approximate surface area is 148 Å². The van der Waals surface area contributed by atoms with Crippen LogP contribution in [-0.4, -0.2) is 22.2 Å². The summed E-state index contributed by atoms with van der Waals surface area (Å²) in [5.41, 5.74) is 1.87. The molecule has 0 aliphatic heterocycles. The van der Waals surface area contributed by atoms with E-state index in [1.54, 1.807) is 10.9 Å². The third kappa shape index (κ3) is 4.03. The molecule has 0 atom stereocenters. The third-order valence-corrected chi connectivity index (χ3v) is 3.97. The summed E-state index contributed by atoms with van der Waals surface area (Å²) in [6, 6.07) is 11.2. The molecule has 1 amide bonds. The second-order valence-electron chi connectivity index (χ2n) is 5.37. The molecule has 0 aliphatic rings. The minimum atomic E-state index is -1.11. The fourth-order valence-corrected chi connectivity index (χ4v) is 2.59. The van der Waals surface area contributed by atoms with E-state index >= 15 is 0 Å². The van der Waals surface area contributed by atoms with Gasteiger partial charge in [-0.2, -0.15) is 5.10 Å². The van der Waals surface area contributed by atoms with Gasteiger partial charge in [0, 0.05) is 18.9 Å². The van der Waals surface area contributed by atoms with Crippen molar-refractivity contribution < 1.29 is 13.6 Å². The number of benzene rings is 2. The van der Waals surface area contributed by atoms with Gasteiger partial charge in [0.15, 0.2) is 11.6 Å². The first-order valence-corrected chi connectivity index (χ1v) is 7.94. The van der Waals surface area contributed by atoms with Crippen molar-refractivity contribution in [1.82, 2.24) is 15.1 Å². The van der Waals surface area contributed by atoms with Crippen molar-refractivity contribution in [3.8, 4) is 5.69 Å². The van der Waals surface area contributed by atoms with Gasteiger partial charge in [-0.1, -0.05) is 23.7 Å². The Balaban J connectivity index is 1.57. The molecule has 25 heavy (non-hydrogen) atoms. The SMILES string of the molecule is O=C(NCCc1ccc(-n2cccn2)cc1)c1cc(F)c(F)cc1Cl. The average Bonchev–Trinajstić information content (AvgIpc) is 3.13. The summed E-state index contributed by atoms with van der Waals surface area (Å²) >= 11 is 5.78. The van der Waals surface area contributed by atoms with Gasteiger partial charge in [0.05, 0.1) is 16.3 Å². The van der Waals surface area contributed by atoms with E-state index in [1.165, 1.54) is 0 Å². The summed E-state index contributed by atoms with van der Waals surface area (Å²) in [4.78, 5) is 12.0. The molecular formula is C18H14ClF2N3O. The van der Waals surface area contributed by atoms with Crippen LogP contribution in [0.1, 0.15) is 15.9 Å². The number of carbonyl (C=O) groups is 1. The molecule has 0 fully saturated rings. The molecule has 128 valence electrons. The average molecular weight is 362 g/mol. The largest absolute Gasteiger partial charge is 0.352 e. The topological polar surface area (TPSA) is 46.9 Å². The zero-order valence-electron chi connectivity index (χ0n) is 13.0. The van der Waals surface area contributed by atoms with Gasteiger partial charge in [-0.05, 0) is 42.3 Å². The lowest BCUT2D eigenvalue weighted by Gasteiger charge is -2.08. The maximum Gasteiger partial charge on any atom is 0.252 e. The molecule has 3 aromatic rings. The zero-order chi connectivity index (χ0) is 17.8. The van der Waals surface area contributed by atoms with Gasteiger partial charge in [0.1, 0.15) is 0 Å². The molecule has 3 rings (SSSR count). The first-order chi connectivity index (χ1) is 12.0. The molecule has 0 unspecified atom stereocenters. The van der Waals surface area contributed by atoms with Crippen molar-refractivity contribution in [2.24, 2.45) is 0 Å². The van der Waals surface area contributed by atoms with Crippen LogP contribution in [0.3, 0.4) is 0 Å². The number of halogens is 3. The second kappa shape index (κ2) is 7.44. The number of carbonyl (C=O) groups excluding carboxylic acids is 1. The second-order valence-corrected chi connectivity index (χ2v) is 5.78. The summed E-state index contributed by atoms with van der Waals surface area (Å²) < 4.78 is 28.0. The molecule has 0 spiro atoms. The monoisotopic (exact) mass is 361 g/mol. The Bertz CT molecular complexity index is 880. The first kappa shape index (κ1) is 17.1. The van der Waals surface area contributed by atoms with Crippen LogP contribution in [-0.2, 0) is 6.42 Å². The first-order valence-electron chi connectivity index (χ1n) is 7.56. The minimum absolute atomic E-state index is 0.0883. The van der Waals surface area contributed by atoms with E-state index in [4.69, 9.17) is 11.6 Å². The predicted octanol–water partition coefficient (Wildman–Crippen LogP) is 3.78. The summed E-state index contributed by atoms with van der Waals surface area (Å²) in [7, 11) is 0. The number of hydrogen-bond donors (Lipinski definition) is 1. The lowest BCUT2D eigenvalue weighted by atomic mass is 10.1. The van der Waals surface area contributed by atoms with Crippen molar-refractivity contribution in [3.05, 3.63) is 82.6 Å². The molecule has 0 radical (unpaired) electrons. The molecular weight excluding hydrogens is 348 g/mol. The lowest BCUT2D eigenvalue weighted by molar-refractivity contribution is 0.0953. The van der Waals surface area contributed by atoms with Crippen molar-refractivity contribution in [1.29, 1.82) is 0 Å². The maximum atomic E-state index is 13.2. The van der Waals surface area contributed by atoms with E-state index in [2.05, 4.69) is 10.4 Å². The van der Waals surface area contributed by atoms with Crippen LogP contribution in [0.2, 0.25) is 5.02 Å². The van der Waals surface area contributed by atoms with Crippen molar-refractivity contribution in [3.63, 3.8) is 0 Å². The van der Waals surface area contributed by atoms with Crippen LogP contribution >= 0.6 is 11.6 Å². The van der Waals surface area contributed by atoms with Crippen molar-refractivity contribution in [2.75, 3.05) is 6.54 Å². The van der Waals surface area contributed by atoms with Crippen LogP contribution in [0.15, 0.2) is 54.9 Å². The van der Waals surface area contributed by atoms with Gasteiger partial charge in [-0.25, -0.2) is 13.5 Å². The fourth-order valence-electron chi connectivity index (χ4n) is 2.35. The highest BCUT2D eigenvalue weighted by Gasteiger charge is 2.14. The molecule has 7 heteroatoms. The van der Waals surface area contributed by atoms with Crippen molar-refractivity contribution in [2.45, 2.75) is 6.42 Å². The van der Waals surface area contributed by atoms with Gasteiger partial charge in [-0.3, -0.25) is 4.79 Å². The van der Waals surface area contributed by atoms with E-state index in [-0.39, 0.29) is 10.6 Å². The number of hydrogen-bond acceptors (Lipinski definition) is 2. The predicted molar refractivity (Wildman–Crippen MR) is 91.0 cm³/mol. The highest BCUT2D eigenvalue weighted by molar-refractivity contribution is 6.33. The minimum Gasteiger partial charge on any atom is -0.352 e. The maximum absolute atomic E-state index is 13.2. The van der Waals surface area contributed by atoms with Crippen LogP contribution in [0, 0.1) is 11.6 Å². The molecule has 0 saturated carbocycles. The molecule has 0 saturated heterocycles. The van der Waals surface area contributed by atoms with Crippen LogP contribution in [0.5, 0.6) is 0 Å². The Kier molecular flexibility index (Phi) is 5.09. The highest BCUT2D eigenvalue weighted by atomic mass is 35.5. The summed E-state index contributed by atoms with van der Waals surface area (Å²) in [6.45, 7) is 0.343. The Morgan fingerprint density at radius 3 is 2.56 bits per heavy atom. The molecule has 1 N–H and O–H groups in total. The summed E-state index contributed by atoms with van der Waals surface area (Å²) in [6.07, 6.45) is 4.14. The molecule has 0 bridgehead atoms. The smallest absolute Gasteiger partial charge is 0.252 e. The Hall–Kier alpha value is -2.73. The number of nitrogens with zero attached hydrogens (tertiary/aromatic N) is 2. The highest BCUT2D eigenvalue weighted by Crippen LogP contribution is 2.20. The number of rotatable bonds is 5. The van der Waals surface area contributed by atoms with Crippen LogP contribution < -0.4 is 5.32 Å². The quantitative estimate of drug-likeness (QED) is 0.703. The lowest BCUT2D eigenvalue weighted by Crippen LogP contribution is -2.26. The van der Waals surface area contributed by atoms with E-state index in [0.29, 0.717) is 13.0 Å². The zero-order valence-corrected chi connectivity index (χ0v) is 13.8. The number of aromatic nitrogens is 2. The Morgan fingerprint density at radius 2 is 1.88 bits per heavy atom. The molecule has 0 aliphatic carbocycles. The molecule has 4 nitrogen and oxygen atoms in total. The molecule has 1 aromatic heterocycles. The van der Waals surface area contributed by atoms with E-state index in [1.807, 2.05) is 36.5 Å². The Morgan fingerprint density at radius 1 is 1.16 bits per heavy atom. The fraction of sp³-hybridized carbons (Fsp3) is 0.111. The standard InChI is InChI=1S/C18H14ClF2N3O/c19-15-11-17(21)16(20)10-14(15)18(25)22-8-6-12-2-4-13(5-3-12)24-9-1-7-23-24/h1-5,7,9-11H,6,8H2,(H,22,25). The van der Waals surface area contributed by atoms with E-state index < -0.39 is 17.5 Å². The summed E-state index contributed by atoms with van der Waals surface area (Å²) in [5.74, 6) is -2.74. The van der Waals surface area contributed by atoms with Gasteiger partial charge < -0.3 is 5.32 Å². The van der Waals surface area contributed by atoms with Crippen LogP contribution in [0.4, 0.5) is 8.78 Å². The summed E-state index contributed by atoms with van der Waals surface area (Å²) in [5, 5.41) is 6.67. The van der Waals surface area contributed by atoms with E-state index in [9.17, 15) is 13.6 Å².